The molecule has 0 unspecified atom stereocenters. The largest absolute Gasteiger partial charge is 0.454 e. The molecular weight excluding hydrogens is 392 g/mol. The second-order valence-electron chi connectivity index (χ2n) is 6.94. The highest BCUT2D eigenvalue weighted by molar-refractivity contribution is 8.16. The summed E-state index contributed by atoms with van der Waals surface area (Å²) in [5, 5.41) is 0.385. The van der Waals surface area contributed by atoms with E-state index in [0.29, 0.717) is 29.7 Å². The molecule has 0 radical (unpaired) electrons. The Morgan fingerprint density at radius 2 is 2.07 bits per heavy atom. The normalized spacial score (nSPS) is 32.2. The van der Waals surface area contributed by atoms with Gasteiger partial charge in [0.25, 0.3) is 5.91 Å². The fraction of sp³-hybridized carbons (Fsp3) is 0.529. The third-order valence-electron chi connectivity index (χ3n) is 5.11. The van der Waals surface area contributed by atoms with Gasteiger partial charge in [-0.2, -0.15) is 4.99 Å². The first-order valence-electron chi connectivity index (χ1n) is 8.80. The van der Waals surface area contributed by atoms with Crippen molar-refractivity contribution < 1.29 is 27.4 Å². The van der Waals surface area contributed by atoms with Gasteiger partial charge in [0.1, 0.15) is 6.10 Å². The molecule has 144 valence electrons. The molecule has 10 heteroatoms. The first kappa shape index (κ1) is 17.3. The summed E-state index contributed by atoms with van der Waals surface area (Å²) in [5.41, 5.74) is 0.746. The highest BCUT2D eigenvalue weighted by atomic mass is 32.2. The molecule has 4 heterocycles. The molecular formula is C17H18N2O6S2. The Balaban J connectivity index is 1.51. The number of aliphatic imine (C=N–C) groups is 1. The molecule has 4 aliphatic rings. The third kappa shape index (κ3) is 3.09. The van der Waals surface area contributed by atoms with Crippen molar-refractivity contribution in [1.82, 2.24) is 0 Å². The van der Waals surface area contributed by atoms with E-state index in [1.54, 1.807) is 6.07 Å². The zero-order valence-corrected chi connectivity index (χ0v) is 16.0. The van der Waals surface area contributed by atoms with Crippen LogP contribution in [0, 0.1) is 0 Å². The number of hydrogen-bond acceptors (Lipinski definition) is 7. The molecule has 5 rings (SSSR count). The van der Waals surface area contributed by atoms with Crippen LogP contribution in [0.15, 0.2) is 23.2 Å². The molecule has 8 nitrogen and oxygen atoms in total. The lowest BCUT2D eigenvalue weighted by Gasteiger charge is -2.24. The maximum atomic E-state index is 12.5. The SMILES string of the molecule is O=C(N=C1S[C@@H]2CS(=O)(=O)C[C@H]2N1c1ccc2c(c1)OCO2)[C@@H]1CCCO1. The summed E-state index contributed by atoms with van der Waals surface area (Å²) in [4.78, 5) is 18.7. The standard InChI is InChI=1S/C17H18N2O6S2/c20-16(13-2-1-5-23-13)18-17-19(11-7-27(21,22)8-15(11)26-17)10-3-4-12-14(6-10)25-9-24-12/h3-4,6,11,13,15H,1-2,5,7-9H2/t11-,13+,15-/m1/s1. The summed E-state index contributed by atoms with van der Waals surface area (Å²) < 4.78 is 40.5. The number of thioether (sulfide) groups is 1. The fourth-order valence-corrected chi connectivity index (χ4v) is 7.76. The number of rotatable bonds is 2. The molecule has 0 N–H and O–H groups in total. The minimum atomic E-state index is -3.11. The average molecular weight is 410 g/mol. The first-order chi connectivity index (χ1) is 13.0. The third-order valence-corrected chi connectivity index (χ3v) is 8.32. The predicted octanol–water partition coefficient (Wildman–Crippen LogP) is 1.20. The number of benzene rings is 1. The maximum Gasteiger partial charge on any atom is 0.277 e. The van der Waals surface area contributed by atoms with E-state index < -0.39 is 15.9 Å². The molecule has 0 aromatic heterocycles. The summed E-state index contributed by atoms with van der Waals surface area (Å²) in [6, 6.07) is 5.19. The van der Waals surface area contributed by atoms with Gasteiger partial charge in [-0.05, 0) is 25.0 Å². The van der Waals surface area contributed by atoms with E-state index in [-0.39, 0.29) is 35.5 Å². The Morgan fingerprint density at radius 3 is 2.89 bits per heavy atom. The van der Waals surface area contributed by atoms with Crippen molar-refractivity contribution in [1.29, 1.82) is 0 Å². The van der Waals surface area contributed by atoms with Gasteiger partial charge in [0, 0.05) is 23.6 Å². The van der Waals surface area contributed by atoms with Crippen LogP contribution in [-0.4, -0.2) is 61.8 Å². The van der Waals surface area contributed by atoms with Crippen LogP contribution >= 0.6 is 11.8 Å². The number of hydrogen-bond donors (Lipinski definition) is 0. The lowest BCUT2D eigenvalue weighted by Crippen LogP contribution is -2.38. The molecule has 3 saturated heterocycles. The monoisotopic (exact) mass is 410 g/mol. The molecule has 1 amide bonds. The van der Waals surface area contributed by atoms with Crippen LogP contribution in [0.4, 0.5) is 5.69 Å². The van der Waals surface area contributed by atoms with Crippen molar-refractivity contribution in [2.75, 3.05) is 29.8 Å². The van der Waals surface area contributed by atoms with Crippen molar-refractivity contribution in [3.8, 4) is 11.5 Å². The van der Waals surface area contributed by atoms with Crippen LogP contribution in [0.3, 0.4) is 0 Å². The first-order valence-corrected chi connectivity index (χ1v) is 11.5. The Morgan fingerprint density at radius 1 is 1.22 bits per heavy atom. The van der Waals surface area contributed by atoms with E-state index in [4.69, 9.17) is 14.2 Å². The molecule has 1 aromatic carbocycles. The summed E-state index contributed by atoms with van der Waals surface area (Å²) in [7, 11) is -3.11. The zero-order valence-electron chi connectivity index (χ0n) is 14.4. The highest BCUT2D eigenvalue weighted by Crippen LogP contribution is 2.44. The lowest BCUT2D eigenvalue weighted by atomic mass is 10.2. The summed E-state index contributed by atoms with van der Waals surface area (Å²) in [6.07, 6.45) is 1.02. The van der Waals surface area contributed by atoms with E-state index in [0.717, 1.165) is 12.1 Å². The number of amidine groups is 1. The Hall–Kier alpha value is -1.78. The van der Waals surface area contributed by atoms with E-state index in [1.165, 1.54) is 11.8 Å². The molecule has 3 fully saturated rings. The van der Waals surface area contributed by atoms with Crippen LogP contribution in [0.2, 0.25) is 0 Å². The van der Waals surface area contributed by atoms with Crippen molar-refractivity contribution >= 4 is 38.4 Å². The van der Waals surface area contributed by atoms with Crippen molar-refractivity contribution in [3.05, 3.63) is 18.2 Å². The van der Waals surface area contributed by atoms with Crippen LogP contribution in [0.25, 0.3) is 0 Å². The Labute approximate surface area is 160 Å². The van der Waals surface area contributed by atoms with Gasteiger partial charge in [-0.25, -0.2) is 8.42 Å². The van der Waals surface area contributed by atoms with Gasteiger partial charge in [-0.15, -0.1) is 0 Å². The number of anilines is 1. The number of carbonyl (C=O) groups excluding carboxylic acids is 1. The topological polar surface area (TPSA) is 94.5 Å². The number of carbonyl (C=O) groups is 1. The van der Waals surface area contributed by atoms with Crippen molar-refractivity contribution in [2.24, 2.45) is 4.99 Å². The quantitative estimate of drug-likeness (QED) is 0.718. The second kappa shape index (κ2) is 6.39. The molecule has 0 bridgehead atoms. The minimum absolute atomic E-state index is 0.0479. The van der Waals surface area contributed by atoms with Crippen molar-refractivity contribution in [2.45, 2.75) is 30.2 Å². The number of sulfone groups is 1. The van der Waals surface area contributed by atoms with Gasteiger partial charge in [0.2, 0.25) is 6.79 Å². The van der Waals surface area contributed by atoms with Gasteiger partial charge in [0.05, 0.1) is 17.5 Å². The van der Waals surface area contributed by atoms with Gasteiger partial charge in [-0.3, -0.25) is 4.79 Å². The van der Waals surface area contributed by atoms with Gasteiger partial charge < -0.3 is 19.1 Å². The summed E-state index contributed by atoms with van der Waals surface area (Å²) >= 11 is 1.36. The highest BCUT2D eigenvalue weighted by Gasteiger charge is 2.49. The minimum Gasteiger partial charge on any atom is -0.454 e. The second-order valence-corrected chi connectivity index (χ2v) is 10.3. The van der Waals surface area contributed by atoms with Crippen LogP contribution in [0.1, 0.15) is 12.8 Å². The number of nitrogens with zero attached hydrogens (tertiary/aromatic N) is 2. The Kier molecular flexibility index (Phi) is 4.10. The van der Waals surface area contributed by atoms with E-state index in [9.17, 15) is 13.2 Å². The summed E-state index contributed by atoms with van der Waals surface area (Å²) in [5.74, 6) is 1.09. The average Bonchev–Trinajstić information content (AvgIpc) is 3.36. The lowest BCUT2D eigenvalue weighted by molar-refractivity contribution is -0.126. The number of fused-ring (bicyclic) bond motifs is 2. The molecule has 0 saturated carbocycles. The maximum absolute atomic E-state index is 12.5. The van der Waals surface area contributed by atoms with Crippen LogP contribution < -0.4 is 14.4 Å². The molecule has 0 spiro atoms. The number of ether oxygens (including phenoxy) is 3. The summed E-state index contributed by atoms with van der Waals surface area (Å²) in [6.45, 7) is 0.732. The van der Waals surface area contributed by atoms with Gasteiger partial charge >= 0.3 is 0 Å². The van der Waals surface area contributed by atoms with E-state index >= 15 is 0 Å². The fourth-order valence-electron chi connectivity index (χ4n) is 3.84. The zero-order chi connectivity index (χ0) is 18.6. The number of amides is 1. The van der Waals surface area contributed by atoms with Crippen molar-refractivity contribution in [3.63, 3.8) is 0 Å². The van der Waals surface area contributed by atoms with Crippen LogP contribution in [0.5, 0.6) is 11.5 Å². The Bertz CT molecular complexity index is 925. The molecule has 1 aromatic rings. The predicted molar refractivity (Wildman–Crippen MR) is 100 cm³/mol. The molecule has 27 heavy (non-hydrogen) atoms. The van der Waals surface area contributed by atoms with Gasteiger partial charge in [0.15, 0.2) is 26.5 Å². The smallest absolute Gasteiger partial charge is 0.277 e. The molecule has 4 aliphatic heterocycles. The van der Waals surface area contributed by atoms with Crippen LogP contribution in [-0.2, 0) is 19.4 Å². The molecule has 3 atom stereocenters. The van der Waals surface area contributed by atoms with E-state index in [2.05, 4.69) is 4.99 Å². The molecule has 0 aliphatic carbocycles. The van der Waals surface area contributed by atoms with Gasteiger partial charge in [-0.1, -0.05) is 11.8 Å². The van der Waals surface area contributed by atoms with E-state index in [1.807, 2.05) is 17.0 Å².